The number of fused-ring (bicyclic) bond motifs is 1. The van der Waals surface area contributed by atoms with E-state index in [1.54, 1.807) is 64.2 Å². The number of rotatable bonds is 5. The number of aryl methyl sites for hydroxylation is 1. The third kappa shape index (κ3) is 6.94. The smallest absolute Gasteiger partial charge is 0.494 e. The molecule has 0 aliphatic carbocycles. The maximum Gasteiger partial charge on any atom is 0.573 e. The molecule has 3 heterocycles. The molecule has 1 fully saturated rings. The number of anilines is 3. The Bertz CT molecular complexity index is 1660. The molecule has 1 aliphatic rings. The number of halogens is 3. The summed E-state index contributed by atoms with van der Waals surface area (Å²) in [6.45, 7) is 10.1. The van der Waals surface area contributed by atoms with Crippen molar-refractivity contribution in [3.63, 3.8) is 0 Å². The zero-order valence-corrected chi connectivity index (χ0v) is 24.5. The number of carbonyl (C=O) groups is 1. The second kappa shape index (κ2) is 11.3. The number of alkyl halides is 3. The summed E-state index contributed by atoms with van der Waals surface area (Å²) in [5.41, 5.74) is 1.83. The molecule has 0 atom stereocenters. The summed E-state index contributed by atoms with van der Waals surface area (Å²) in [6.07, 6.45) is -2.58. The van der Waals surface area contributed by atoms with Crippen LogP contribution in [-0.2, 0) is 4.74 Å². The highest BCUT2D eigenvalue weighted by atomic mass is 19.4. The van der Waals surface area contributed by atoms with Crippen LogP contribution in [0.25, 0.3) is 22.0 Å². The lowest BCUT2D eigenvalue weighted by atomic mass is 10.1. The predicted octanol–water partition coefficient (Wildman–Crippen LogP) is 6.29. The standard InChI is InChI=1S/C30H33F3N6O4/c1-18-16-34-27(35-23-15-21(38-12-10-37(5)11-13-38)8-9-24(23)42-30(31,32)33)36-25(18)19-6-7-20-17-39(26(40)22(20)14-19)28(41)43-29(2,3)4/h6-9,14-17,40H,10-13H2,1-5H3,(H,34,35,36). The number of aromatic nitrogens is 3. The minimum atomic E-state index is -4.89. The van der Waals surface area contributed by atoms with Gasteiger partial charge >= 0.3 is 12.5 Å². The molecule has 0 unspecified atom stereocenters. The Hall–Kier alpha value is -4.52. The van der Waals surface area contributed by atoms with Crippen molar-refractivity contribution in [2.45, 2.75) is 39.7 Å². The Morgan fingerprint density at radius 1 is 1.05 bits per heavy atom. The molecule has 13 heteroatoms. The van der Waals surface area contributed by atoms with E-state index in [1.807, 2.05) is 7.05 Å². The van der Waals surface area contributed by atoms with Crippen LogP contribution in [0.2, 0.25) is 0 Å². The van der Waals surface area contributed by atoms with Crippen LogP contribution in [0.4, 0.5) is 35.3 Å². The Morgan fingerprint density at radius 2 is 1.77 bits per heavy atom. The predicted molar refractivity (Wildman–Crippen MR) is 157 cm³/mol. The van der Waals surface area contributed by atoms with Gasteiger partial charge in [0.15, 0.2) is 5.75 Å². The van der Waals surface area contributed by atoms with Gasteiger partial charge in [-0.3, -0.25) is 0 Å². The van der Waals surface area contributed by atoms with Gasteiger partial charge in [0.1, 0.15) is 5.60 Å². The van der Waals surface area contributed by atoms with Gasteiger partial charge in [-0.05, 0) is 64.6 Å². The number of benzene rings is 2. The maximum atomic E-state index is 13.2. The first-order valence-electron chi connectivity index (χ1n) is 13.7. The Kier molecular flexibility index (Phi) is 7.86. The molecule has 2 aromatic heterocycles. The first-order chi connectivity index (χ1) is 20.2. The molecular weight excluding hydrogens is 565 g/mol. The fourth-order valence-electron chi connectivity index (χ4n) is 4.80. The van der Waals surface area contributed by atoms with Gasteiger partial charge in [0, 0.05) is 60.6 Å². The van der Waals surface area contributed by atoms with E-state index in [1.165, 1.54) is 12.3 Å². The molecule has 1 aliphatic heterocycles. The lowest BCUT2D eigenvalue weighted by Gasteiger charge is -2.34. The van der Waals surface area contributed by atoms with E-state index in [0.29, 0.717) is 27.6 Å². The van der Waals surface area contributed by atoms with Crippen molar-refractivity contribution in [2.75, 3.05) is 43.4 Å². The third-order valence-corrected chi connectivity index (χ3v) is 6.93. The SMILES string of the molecule is Cc1cnc(Nc2cc(N3CCN(C)CC3)ccc2OC(F)(F)F)nc1-c1ccc2cn(C(=O)OC(C)(C)C)c(O)c2c1. The highest BCUT2D eigenvalue weighted by Gasteiger charge is 2.32. The van der Waals surface area contributed by atoms with Crippen LogP contribution in [0.15, 0.2) is 48.8 Å². The van der Waals surface area contributed by atoms with E-state index in [2.05, 4.69) is 29.8 Å². The summed E-state index contributed by atoms with van der Waals surface area (Å²) in [7, 11) is 2.02. The molecule has 10 nitrogen and oxygen atoms in total. The number of hydrogen-bond acceptors (Lipinski definition) is 9. The number of hydrogen-bond donors (Lipinski definition) is 2. The lowest BCUT2D eigenvalue weighted by molar-refractivity contribution is -0.274. The van der Waals surface area contributed by atoms with Crippen LogP contribution in [0, 0.1) is 6.92 Å². The fourth-order valence-corrected chi connectivity index (χ4v) is 4.80. The van der Waals surface area contributed by atoms with E-state index in [4.69, 9.17) is 4.74 Å². The lowest BCUT2D eigenvalue weighted by Crippen LogP contribution is -2.44. The highest BCUT2D eigenvalue weighted by molar-refractivity contribution is 5.95. The van der Waals surface area contributed by atoms with Crippen molar-refractivity contribution >= 4 is 34.2 Å². The number of piperazine rings is 1. The van der Waals surface area contributed by atoms with E-state index >= 15 is 0 Å². The summed E-state index contributed by atoms with van der Waals surface area (Å²) in [4.78, 5) is 25.8. The summed E-state index contributed by atoms with van der Waals surface area (Å²) in [6, 6.07) is 9.66. The molecule has 2 aromatic carbocycles. The average Bonchev–Trinajstić information content (AvgIpc) is 3.25. The van der Waals surface area contributed by atoms with E-state index < -0.39 is 23.8 Å². The summed E-state index contributed by atoms with van der Waals surface area (Å²) in [5.74, 6) is -0.643. The molecule has 0 amide bonds. The second-order valence-electron chi connectivity index (χ2n) is 11.5. The number of ether oxygens (including phenoxy) is 2. The van der Waals surface area contributed by atoms with Gasteiger partial charge in [-0.2, -0.15) is 0 Å². The fraction of sp³-hybridized carbons (Fsp3) is 0.367. The van der Waals surface area contributed by atoms with Gasteiger partial charge < -0.3 is 29.7 Å². The van der Waals surface area contributed by atoms with Gasteiger partial charge in [-0.15, -0.1) is 13.2 Å². The number of likely N-dealkylation sites (N-methyl/N-ethyl adjacent to an activating group) is 1. The first-order valence-corrected chi connectivity index (χ1v) is 13.7. The number of nitrogens with zero attached hydrogens (tertiary/aromatic N) is 5. The molecule has 4 aromatic rings. The molecule has 2 N–H and O–H groups in total. The van der Waals surface area contributed by atoms with Crippen molar-refractivity contribution in [1.82, 2.24) is 19.4 Å². The van der Waals surface area contributed by atoms with Crippen LogP contribution in [0.3, 0.4) is 0 Å². The van der Waals surface area contributed by atoms with Crippen molar-refractivity contribution < 1.29 is 32.5 Å². The van der Waals surface area contributed by atoms with Crippen molar-refractivity contribution in [1.29, 1.82) is 0 Å². The van der Waals surface area contributed by atoms with Gasteiger partial charge in [0.25, 0.3) is 0 Å². The normalized spacial score (nSPS) is 14.7. The van der Waals surface area contributed by atoms with E-state index in [9.17, 15) is 23.1 Å². The number of nitrogens with one attached hydrogen (secondary N) is 1. The first kappa shape index (κ1) is 30.0. The zero-order chi connectivity index (χ0) is 31.1. The highest BCUT2D eigenvalue weighted by Crippen LogP contribution is 2.37. The largest absolute Gasteiger partial charge is 0.573 e. The van der Waals surface area contributed by atoms with Crippen molar-refractivity contribution in [3.8, 4) is 22.9 Å². The Labute approximate surface area is 246 Å². The van der Waals surface area contributed by atoms with Crippen LogP contribution < -0.4 is 15.0 Å². The molecular formula is C30H33F3N6O4. The molecule has 43 heavy (non-hydrogen) atoms. The number of aromatic hydroxyl groups is 1. The molecule has 1 saturated heterocycles. The van der Waals surface area contributed by atoms with Crippen LogP contribution in [-0.4, -0.2) is 75.8 Å². The molecule has 5 rings (SSSR count). The molecule has 0 radical (unpaired) electrons. The van der Waals surface area contributed by atoms with Crippen LogP contribution in [0.5, 0.6) is 11.6 Å². The van der Waals surface area contributed by atoms with Gasteiger partial charge in [0.2, 0.25) is 11.8 Å². The van der Waals surface area contributed by atoms with E-state index in [0.717, 1.165) is 36.4 Å². The second-order valence-corrected chi connectivity index (χ2v) is 11.5. The molecule has 0 spiro atoms. The average molecular weight is 599 g/mol. The Morgan fingerprint density at radius 3 is 2.44 bits per heavy atom. The van der Waals surface area contributed by atoms with E-state index in [-0.39, 0.29) is 17.5 Å². The summed E-state index contributed by atoms with van der Waals surface area (Å²) in [5, 5.41) is 14.7. The maximum absolute atomic E-state index is 13.2. The third-order valence-electron chi connectivity index (χ3n) is 6.93. The molecule has 0 bridgehead atoms. The summed E-state index contributed by atoms with van der Waals surface area (Å²) < 4.78 is 50.4. The van der Waals surface area contributed by atoms with Crippen molar-refractivity contribution in [3.05, 3.63) is 54.4 Å². The van der Waals surface area contributed by atoms with Gasteiger partial charge in [0.05, 0.1) is 11.4 Å². The monoisotopic (exact) mass is 598 g/mol. The van der Waals surface area contributed by atoms with Gasteiger partial charge in [-0.1, -0.05) is 12.1 Å². The van der Waals surface area contributed by atoms with Crippen LogP contribution >= 0.6 is 0 Å². The number of carbonyl (C=O) groups excluding carboxylic acids is 1. The molecule has 228 valence electrons. The minimum Gasteiger partial charge on any atom is -0.494 e. The topological polar surface area (TPSA) is 105 Å². The quantitative estimate of drug-likeness (QED) is 0.274. The minimum absolute atomic E-state index is 0.0544. The molecule has 0 saturated carbocycles. The summed E-state index contributed by atoms with van der Waals surface area (Å²) >= 11 is 0. The Balaban J connectivity index is 1.48. The van der Waals surface area contributed by atoms with Crippen molar-refractivity contribution in [2.24, 2.45) is 0 Å². The van der Waals surface area contributed by atoms with Gasteiger partial charge in [-0.25, -0.2) is 19.3 Å². The van der Waals surface area contributed by atoms with Crippen LogP contribution in [0.1, 0.15) is 26.3 Å². The zero-order valence-electron chi connectivity index (χ0n) is 24.5.